The minimum atomic E-state index is -0.613. The molecule has 3 N–H and O–H groups in total. The van der Waals surface area contributed by atoms with Crippen LogP contribution in [0, 0.1) is 11.8 Å². The normalized spacial score (nSPS) is 25.3. The van der Waals surface area contributed by atoms with Crippen molar-refractivity contribution in [2.24, 2.45) is 11.8 Å². The van der Waals surface area contributed by atoms with Crippen molar-refractivity contribution in [3.05, 3.63) is 102 Å². The zero-order chi connectivity index (χ0) is 38.2. The molecule has 2 bridgehead atoms. The molecule has 0 radical (unpaired) electrons. The number of imide groups is 1. The van der Waals surface area contributed by atoms with Gasteiger partial charge in [0.05, 0.1) is 28.9 Å². The van der Waals surface area contributed by atoms with Crippen LogP contribution in [0.2, 0.25) is 0 Å². The highest BCUT2D eigenvalue weighted by Crippen LogP contribution is 2.42. The van der Waals surface area contributed by atoms with Gasteiger partial charge in [-0.2, -0.15) is 10.2 Å². The number of carbonyl (C=O) groups excluding carboxylic acids is 3. The predicted octanol–water partition coefficient (Wildman–Crippen LogP) is 5.40. The predicted molar refractivity (Wildman–Crippen MR) is 215 cm³/mol. The van der Waals surface area contributed by atoms with Gasteiger partial charge in [0.1, 0.15) is 5.75 Å². The van der Waals surface area contributed by atoms with Crippen LogP contribution in [0.5, 0.6) is 5.75 Å². The number of hydrogen-bond acceptors (Lipinski definition) is 9. The number of piperidine rings is 4. The summed E-state index contributed by atoms with van der Waals surface area (Å²) in [5, 5.41) is 25.1. The number of phenolic OH excluding ortho intramolecular Hbond substituents is 1. The summed E-state index contributed by atoms with van der Waals surface area (Å²) in [4.78, 5) is 46.0. The molecule has 4 atom stereocenters. The van der Waals surface area contributed by atoms with Gasteiger partial charge in [0.25, 0.3) is 0 Å². The molecule has 4 aromatic rings. The van der Waals surface area contributed by atoms with Crippen LogP contribution in [0.3, 0.4) is 0 Å². The minimum absolute atomic E-state index is 0.153. The Bertz CT molecular complexity index is 2060. The molecule has 3 amide bonds. The molecule has 4 aliphatic heterocycles. The Morgan fingerprint density at radius 3 is 2.32 bits per heavy atom. The fraction of sp³-hybridized carbons (Fsp3) is 0.444. The van der Waals surface area contributed by atoms with E-state index in [0.717, 1.165) is 68.7 Å². The van der Waals surface area contributed by atoms with Crippen LogP contribution in [0.1, 0.15) is 68.4 Å². The first-order valence-corrected chi connectivity index (χ1v) is 20.5. The lowest BCUT2D eigenvalue weighted by atomic mass is 9.71. The molecule has 3 aromatic carbocycles. The third kappa shape index (κ3) is 7.13. The summed E-state index contributed by atoms with van der Waals surface area (Å²) in [6.07, 6.45) is 8.60. The first-order valence-electron chi connectivity index (χ1n) is 20.5. The number of amides is 3. The number of aromatic hydroxyl groups is 1. The zero-order valence-electron chi connectivity index (χ0n) is 31.9. The number of nitrogens with zero attached hydrogens (tertiary/aromatic N) is 5. The molecule has 1 aliphatic carbocycles. The number of phenols is 1. The van der Waals surface area contributed by atoms with Gasteiger partial charge in [-0.3, -0.25) is 24.6 Å². The first-order chi connectivity index (χ1) is 27.3. The summed E-state index contributed by atoms with van der Waals surface area (Å²) in [6.45, 7) is 5.64. The third-order valence-corrected chi connectivity index (χ3v) is 13.5. The van der Waals surface area contributed by atoms with Crippen LogP contribution < -0.4 is 20.4 Å². The van der Waals surface area contributed by atoms with Gasteiger partial charge in [0.2, 0.25) is 17.7 Å². The molecule has 0 spiro atoms. The third-order valence-electron chi connectivity index (χ3n) is 13.5. The number of anilines is 2. The minimum Gasteiger partial charge on any atom is -0.507 e. The second-order valence-electron chi connectivity index (χ2n) is 16.7. The summed E-state index contributed by atoms with van der Waals surface area (Å²) in [7, 11) is 0. The maximum Gasteiger partial charge on any atom is 0.234 e. The Balaban J connectivity index is 0.816. The van der Waals surface area contributed by atoms with Crippen molar-refractivity contribution in [2.45, 2.75) is 74.8 Å². The van der Waals surface area contributed by atoms with Crippen LogP contribution in [-0.4, -0.2) is 89.3 Å². The van der Waals surface area contributed by atoms with Crippen LogP contribution in [0.25, 0.3) is 11.3 Å². The van der Waals surface area contributed by atoms with Gasteiger partial charge in [0, 0.05) is 69.0 Å². The fourth-order valence-electron chi connectivity index (χ4n) is 10.3. The van der Waals surface area contributed by atoms with Crippen molar-refractivity contribution in [3.8, 4) is 17.0 Å². The Labute approximate surface area is 328 Å². The molecule has 11 heteroatoms. The molecular formula is C45H51N7O4. The van der Waals surface area contributed by atoms with Crippen LogP contribution >= 0.6 is 0 Å². The largest absolute Gasteiger partial charge is 0.507 e. The number of benzene rings is 3. The summed E-state index contributed by atoms with van der Waals surface area (Å²) in [5.41, 5.74) is 4.85. The van der Waals surface area contributed by atoms with E-state index in [4.69, 9.17) is 0 Å². The molecule has 11 nitrogen and oxygen atoms in total. The summed E-state index contributed by atoms with van der Waals surface area (Å²) >= 11 is 0. The smallest absolute Gasteiger partial charge is 0.234 e. The lowest BCUT2D eigenvalue weighted by Crippen LogP contribution is -2.58. The van der Waals surface area contributed by atoms with E-state index in [9.17, 15) is 19.5 Å². The van der Waals surface area contributed by atoms with Crippen LogP contribution in [0.15, 0.2) is 91.1 Å². The number of hydrogen-bond donors (Lipinski definition) is 3. The van der Waals surface area contributed by atoms with Gasteiger partial charge in [0.15, 0.2) is 0 Å². The average molecular weight is 754 g/mol. The second-order valence-corrected chi connectivity index (χ2v) is 16.7. The quantitative estimate of drug-likeness (QED) is 0.192. The molecule has 5 fully saturated rings. The van der Waals surface area contributed by atoms with Crippen LogP contribution in [-0.2, 0) is 19.8 Å². The number of likely N-dealkylation sites (tertiary alicyclic amines) is 1. The number of aromatic nitrogens is 2. The zero-order valence-corrected chi connectivity index (χ0v) is 31.9. The molecule has 56 heavy (non-hydrogen) atoms. The van der Waals surface area contributed by atoms with Crippen molar-refractivity contribution in [1.82, 2.24) is 25.7 Å². The monoisotopic (exact) mass is 753 g/mol. The molecule has 290 valence electrons. The van der Waals surface area contributed by atoms with Crippen LogP contribution in [0.4, 0.5) is 11.4 Å². The lowest BCUT2D eigenvalue weighted by Gasteiger charge is -2.44. The summed E-state index contributed by atoms with van der Waals surface area (Å²) in [5.74, 6) is 0.953. The van der Waals surface area contributed by atoms with E-state index in [-0.39, 0.29) is 35.4 Å². The van der Waals surface area contributed by atoms with Crippen molar-refractivity contribution in [1.29, 1.82) is 0 Å². The van der Waals surface area contributed by atoms with E-state index >= 15 is 0 Å². The van der Waals surface area contributed by atoms with Gasteiger partial charge in [-0.1, -0.05) is 54.6 Å². The van der Waals surface area contributed by atoms with Gasteiger partial charge >= 0.3 is 0 Å². The highest BCUT2D eigenvalue weighted by Gasteiger charge is 2.49. The highest BCUT2D eigenvalue weighted by molar-refractivity contribution is 6.01. The number of carbonyl (C=O) groups is 3. The summed E-state index contributed by atoms with van der Waals surface area (Å²) in [6, 6.07) is 28.4. The SMILES string of the molecule is O=C1CC[C@H](c2ccc(N3CCC(CN4CC5CC(NC(=O)C6(c7ccccc7)CCN(c7cnnc(-c8ccccc8O)c7)CC6)C4C5)CC3)cc2)C(=O)N1. The molecule has 4 saturated heterocycles. The van der Waals surface area contributed by atoms with E-state index in [1.165, 1.54) is 5.69 Å². The Morgan fingerprint density at radius 2 is 1.59 bits per heavy atom. The van der Waals surface area contributed by atoms with Gasteiger partial charge in [-0.25, -0.2) is 0 Å². The summed E-state index contributed by atoms with van der Waals surface area (Å²) < 4.78 is 0. The number of nitrogens with one attached hydrogen (secondary N) is 2. The first kappa shape index (κ1) is 36.4. The van der Waals surface area contributed by atoms with Gasteiger partial charge < -0.3 is 20.2 Å². The van der Waals surface area contributed by atoms with E-state index in [0.29, 0.717) is 67.9 Å². The molecule has 9 rings (SSSR count). The fourth-order valence-corrected chi connectivity index (χ4v) is 10.3. The van der Waals surface area contributed by atoms with Crippen molar-refractivity contribution in [3.63, 3.8) is 0 Å². The number of rotatable bonds is 9. The van der Waals surface area contributed by atoms with E-state index in [1.54, 1.807) is 18.3 Å². The molecule has 5 heterocycles. The van der Waals surface area contributed by atoms with Gasteiger partial charge in [-0.15, -0.1) is 0 Å². The molecule has 1 saturated carbocycles. The van der Waals surface area contributed by atoms with E-state index in [2.05, 4.69) is 71.9 Å². The number of fused-ring (bicyclic) bond motifs is 2. The van der Waals surface area contributed by atoms with Crippen molar-refractivity contribution >= 4 is 29.1 Å². The van der Waals surface area contributed by atoms with E-state index < -0.39 is 5.41 Å². The standard InChI is InChI=1S/C45H51N7O4/c53-41-9-5-4-8-37(41)38-26-35(27-46-49-38)51-22-18-45(19-23-51,33-6-2-1-3-7-33)44(56)47-39-24-31-25-40(39)52(29-31)28-30-16-20-50(21-17-30)34-12-10-32(11-13-34)36-14-15-42(54)48-43(36)55/h1-13,26-27,30-31,36,39-40,53H,14-25,28-29H2,(H,47,56)(H,48,54,55)/t31?,36-,39?,40?/m1/s1. The van der Waals surface area contributed by atoms with E-state index in [1.807, 2.05) is 36.4 Å². The maximum absolute atomic E-state index is 14.6. The Morgan fingerprint density at radius 1 is 0.857 bits per heavy atom. The van der Waals surface area contributed by atoms with Crippen molar-refractivity contribution in [2.75, 3.05) is 49.1 Å². The Hall–Kier alpha value is -5.29. The number of para-hydroxylation sites is 1. The topological polar surface area (TPSA) is 131 Å². The maximum atomic E-state index is 14.6. The Kier molecular flexibility index (Phi) is 9.95. The lowest BCUT2D eigenvalue weighted by molar-refractivity contribution is -0.134. The molecule has 3 unspecified atom stereocenters. The molecule has 1 aromatic heterocycles. The van der Waals surface area contributed by atoms with Gasteiger partial charge in [-0.05, 0) is 98.2 Å². The molecular weight excluding hydrogens is 703 g/mol. The average Bonchev–Trinajstić information content (AvgIpc) is 3.82. The molecule has 5 aliphatic rings. The second kappa shape index (κ2) is 15.3. The highest BCUT2D eigenvalue weighted by atomic mass is 16.3. The van der Waals surface area contributed by atoms with Crippen molar-refractivity contribution < 1.29 is 19.5 Å².